The molecule has 8 heteroatoms. The highest BCUT2D eigenvalue weighted by atomic mass is 35.5. The molecule has 1 atom stereocenters. The number of amides is 1. The maximum Gasteiger partial charge on any atom is 0.220 e. The number of carbonyl (C=O) groups is 1. The lowest BCUT2D eigenvalue weighted by Crippen LogP contribution is -2.32. The van der Waals surface area contributed by atoms with Crippen LogP contribution in [0.25, 0.3) is 0 Å². The molecule has 2 rings (SSSR count). The Morgan fingerprint density at radius 2 is 2.17 bits per heavy atom. The zero-order chi connectivity index (χ0) is 13.1. The molecule has 0 spiro atoms. The van der Waals surface area contributed by atoms with E-state index in [9.17, 15) is 4.79 Å². The number of nitrogens with zero attached hydrogens (tertiary/aromatic N) is 1. The van der Waals surface area contributed by atoms with E-state index in [1.807, 2.05) is 0 Å². The molecule has 2 heterocycles. The van der Waals surface area contributed by atoms with Crippen molar-refractivity contribution in [3.8, 4) is 0 Å². The first-order valence-electron chi connectivity index (χ1n) is 5.46. The molecule has 0 aliphatic carbocycles. The number of aromatic nitrogens is 1. The van der Waals surface area contributed by atoms with Crippen LogP contribution in [0.1, 0.15) is 12.8 Å². The number of anilines is 2. The quantitative estimate of drug-likeness (QED) is 0.496. The summed E-state index contributed by atoms with van der Waals surface area (Å²) in [6.45, 7) is 0.560. The van der Waals surface area contributed by atoms with Crippen molar-refractivity contribution in [3.05, 3.63) is 16.1 Å². The van der Waals surface area contributed by atoms with Gasteiger partial charge in [-0.15, -0.1) is 0 Å². The van der Waals surface area contributed by atoms with Crippen LogP contribution in [-0.2, 0) is 4.79 Å². The van der Waals surface area contributed by atoms with E-state index < -0.39 is 0 Å². The van der Waals surface area contributed by atoms with E-state index in [0.29, 0.717) is 34.6 Å². The molecule has 1 aliphatic heterocycles. The fraction of sp³-hybridized carbons (Fsp3) is 0.400. The van der Waals surface area contributed by atoms with Gasteiger partial charge in [-0.25, -0.2) is 10.8 Å². The maximum atomic E-state index is 11.1. The lowest BCUT2D eigenvalue weighted by Gasteiger charge is -2.14. The summed E-state index contributed by atoms with van der Waals surface area (Å²) in [5.74, 6) is 6.18. The van der Waals surface area contributed by atoms with E-state index >= 15 is 0 Å². The van der Waals surface area contributed by atoms with Crippen LogP contribution in [0.5, 0.6) is 0 Å². The van der Waals surface area contributed by atoms with Gasteiger partial charge in [-0.3, -0.25) is 4.79 Å². The zero-order valence-corrected chi connectivity index (χ0v) is 11.0. The summed E-state index contributed by atoms with van der Waals surface area (Å²) in [5.41, 5.74) is 2.39. The van der Waals surface area contributed by atoms with E-state index in [0.717, 1.165) is 6.42 Å². The number of pyridine rings is 1. The van der Waals surface area contributed by atoms with E-state index in [2.05, 4.69) is 21.0 Å². The Morgan fingerprint density at radius 1 is 1.44 bits per heavy atom. The van der Waals surface area contributed by atoms with Crippen LogP contribution >= 0.6 is 23.2 Å². The predicted molar refractivity (Wildman–Crippen MR) is 71.7 cm³/mol. The van der Waals surface area contributed by atoms with Crippen LogP contribution in [0, 0.1) is 0 Å². The van der Waals surface area contributed by atoms with Gasteiger partial charge in [-0.2, -0.15) is 0 Å². The molecule has 1 amide bonds. The summed E-state index contributed by atoms with van der Waals surface area (Å²) >= 11 is 11.9. The summed E-state index contributed by atoms with van der Waals surface area (Å²) in [4.78, 5) is 15.2. The maximum absolute atomic E-state index is 11.1. The highest BCUT2D eigenvalue weighted by Gasteiger charge is 2.20. The van der Waals surface area contributed by atoms with Crippen LogP contribution in [0.3, 0.4) is 0 Å². The lowest BCUT2D eigenvalue weighted by molar-refractivity contribution is -0.119. The van der Waals surface area contributed by atoms with E-state index in [-0.39, 0.29) is 11.9 Å². The summed E-state index contributed by atoms with van der Waals surface area (Å²) in [5, 5.41) is 6.67. The third kappa shape index (κ3) is 2.95. The molecule has 1 fully saturated rings. The molecule has 1 saturated heterocycles. The first kappa shape index (κ1) is 13.2. The lowest BCUT2D eigenvalue weighted by atomic mass is 10.2. The molecular formula is C10H13Cl2N5O. The van der Waals surface area contributed by atoms with Crippen LogP contribution in [0.4, 0.5) is 11.6 Å². The number of nitrogens with one attached hydrogen (secondary N) is 3. The van der Waals surface area contributed by atoms with Gasteiger partial charge in [0.2, 0.25) is 5.91 Å². The first-order chi connectivity index (χ1) is 8.60. The average molecular weight is 290 g/mol. The highest BCUT2D eigenvalue weighted by molar-refractivity contribution is 6.37. The van der Waals surface area contributed by atoms with Gasteiger partial charge < -0.3 is 16.1 Å². The minimum Gasteiger partial charge on any atom is -0.367 e. The Balaban J connectivity index is 2.02. The molecule has 1 aromatic heterocycles. The monoisotopic (exact) mass is 289 g/mol. The second-order valence-corrected chi connectivity index (χ2v) is 4.79. The topological polar surface area (TPSA) is 92.1 Å². The van der Waals surface area contributed by atoms with Gasteiger partial charge in [0.25, 0.3) is 0 Å². The second kappa shape index (κ2) is 5.60. The van der Waals surface area contributed by atoms with Gasteiger partial charge in [0.15, 0.2) is 5.82 Å². The molecule has 1 aliphatic rings. The fourth-order valence-electron chi connectivity index (χ4n) is 1.74. The number of nitrogens with two attached hydrogens (primary N) is 1. The molecule has 6 nitrogen and oxygen atoms in total. The molecule has 0 bridgehead atoms. The van der Waals surface area contributed by atoms with E-state index in [4.69, 9.17) is 29.0 Å². The summed E-state index contributed by atoms with van der Waals surface area (Å²) < 4.78 is 0. The molecule has 1 unspecified atom stereocenters. The standard InChI is InChI=1S/C10H13Cl2N5O/c11-6-3-7(12)10(17-13)16-9(6)14-4-5-1-2-8(18)15-5/h3,5H,1-2,4,13H2,(H,15,18)(H2,14,16,17). The Bertz CT molecular complexity index is 468. The number of hydrazine groups is 1. The van der Waals surface area contributed by atoms with Gasteiger partial charge in [-0.05, 0) is 12.5 Å². The second-order valence-electron chi connectivity index (χ2n) is 3.98. The molecule has 0 aromatic carbocycles. The predicted octanol–water partition coefficient (Wildman–Crippen LogP) is 1.36. The molecule has 1 aromatic rings. The molecule has 18 heavy (non-hydrogen) atoms. The number of halogens is 2. The third-order valence-corrected chi connectivity index (χ3v) is 3.24. The molecule has 0 saturated carbocycles. The number of carbonyl (C=O) groups excluding carboxylic acids is 1. The Kier molecular flexibility index (Phi) is 4.11. The summed E-state index contributed by atoms with van der Waals surface area (Å²) in [6.07, 6.45) is 1.36. The van der Waals surface area contributed by atoms with Crippen molar-refractivity contribution in [2.75, 3.05) is 17.3 Å². The van der Waals surface area contributed by atoms with Gasteiger partial charge in [-0.1, -0.05) is 23.2 Å². The Labute approximate surface area is 114 Å². The highest BCUT2D eigenvalue weighted by Crippen LogP contribution is 2.28. The average Bonchev–Trinajstić information content (AvgIpc) is 2.74. The minimum absolute atomic E-state index is 0.0706. The molecule has 5 N–H and O–H groups in total. The van der Waals surface area contributed by atoms with Crippen molar-refractivity contribution >= 4 is 40.7 Å². The van der Waals surface area contributed by atoms with Crippen LogP contribution in [0.15, 0.2) is 6.07 Å². The zero-order valence-electron chi connectivity index (χ0n) is 9.46. The van der Waals surface area contributed by atoms with Crippen molar-refractivity contribution in [1.29, 1.82) is 0 Å². The van der Waals surface area contributed by atoms with Gasteiger partial charge >= 0.3 is 0 Å². The Hall–Kier alpha value is -1.24. The number of hydrogen-bond acceptors (Lipinski definition) is 5. The normalized spacial score (nSPS) is 18.6. The summed E-state index contributed by atoms with van der Waals surface area (Å²) in [7, 11) is 0. The first-order valence-corrected chi connectivity index (χ1v) is 6.21. The molecule has 98 valence electrons. The SMILES string of the molecule is NNc1nc(NCC2CCC(=O)N2)c(Cl)cc1Cl. The Morgan fingerprint density at radius 3 is 2.78 bits per heavy atom. The van der Waals surface area contributed by atoms with Crippen molar-refractivity contribution < 1.29 is 4.79 Å². The van der Waals surface area contributed by atoms with Crippen molar-refractivity contribution in [2.45, 2.75) is 18.9 Å². The van der Waals surface area contributed by atoms with E-state index in [1.54, 1.807) is 6.07 Å². The van der Waals surface area contributed by atoms with Gasteiger partial charge in [0, 0.05) is 19.0 Å². The van der Waals surface area contributed by atoms with E-state index in [1.165, 1.54) is 0 Å². The van der Waals surface area contributed by atoms with Crippen molar-refractivity contribution in [1.82, 2.24) is 10.3 Å². The number of hydrogen-bond donors (Lipinski definition) is 4. The van der Waals surface area contributed by atoms with Crippen molar-refractivity contribution in [2.24, 2.45) is 5.84 Å². The molecular weight excluding hydrogens is 277 g/mol. The van der Waals surface area contributed by atoms with Crippen molar-refractivity contribution in [3.63, 3.8) is 0 Å². The molecule has 0 radical (unpaired) electrons. The number of rotatable bonds is 4. The van der Waals surface area contributed by atoms with Crippen LogP contribution < -0.4 is 21.9 Å². The summed E-state index contributed by atoms with van der Waals surface area (Å²) in [6, 6.07) is 1.65. The fourth-order valence-corrected chi connectivity index (χ4v) is 2.22. The van der Waals surface area contributed by atoms with Gasteiger partial charge in [0.05, 0.1) is 10.0 Å². The third-order valence-electron chi connectivity index (χ3n) is 2.67. The number of nitrogen functional groups attached to an aromatic ring is 1. The van der Waals surface area contributed by atoms with Crippen LogP contribution in [-0.4, -0.2) is 23.5 Å². The van der Waals surface area contributed by atoms with Crippen LogP contribution in [0.2, 0.25) is 10.0 Å². The minimum atomic E-state index is 0.0706. The largest absolute Gasteiger partial charge is 0.367 e. The van der Waals surface area contributed by atoms with Gasteiger partial charge in [0.1, 0.15) is 5.82 Å². The smallest absolute Gasteiger partial charge is 0.220 e.